The molecule has 1 aromatic carbocycles. The molecule has 0 aliphatic rings. The summed E-state index contributed by atoms with van der Waals surface area (Å²) in [7, 11) is 0. The molecule has 2 atom stereocenters. The Morgan fingerprint density at radius 3 is 1.16 bits per heavy atom. The van der Waals surface area contributed by atoms with Crippen LogP contribution in [0.1, 0.15) is 270 Å². The molecule has 4 amide bonds. The van der Waals surface area contributed by atoms with E-state index in [4.69, 9.17) is 47.4 Å². The number of aliphatic hydroxyl groups excluding tert-OH is 1. The minimum absolute atomic E-state index is 0.0138. The smallest absolute Gasteiger partial charge is 0.414 e. The molecule has 0 saturated carbocycles. The number of unbranched alkanes of at least 4 members (excludes halogenated alkanes) is 8. The number of imide groups is 1. The van der Waals surface area contributed by atoms with E-state index in [1.165, 1.54) is 38.7 Å². The number of nitrogens with one attached hydrogen (secondary N) is 3. The number of aliphatic hydroxyl groups is 1. The van der Waals surface area contributed by atoms with Crippen molar-refractivity contribution in [3.05, 3.63) is 117 Å². The predicted octanol–water partition coefficient (Wildman–Crippen LogP) is 16.2. The van der Waals surface area contributed by atoms with Gasteiger partial charge >= 0.3 is 65.8 Å². The predicted molar refractivity (Wildman–Crippen MR) is 479 cm³/mol. The van der Waals surface area contributed by atoms with E-state index in [1.807, 2.05) is 116 Å². The van der Waals surface area contributed by atoms with Gasteiger partial charge in [-0.2, -0.15) is 0 Å². The van der Waals surface area contributed by atoms with E-state index in [2.05, 4.69) is 66.2 Å². The summed E-state index contributed by atoms with van der Waals surface area (Å²) in [6.07, 6.45) is 21.8. The van der Waals surface area contributed by atoms with E-state index in [1.54, 1.807) is 70.2 Å². The van der Waals surface area contributed by atoms with Crippen molar-refractivity contribution in [1.82, 2.24) is 16.0 Å². The Kier molecular flexibility index (Phi) is 73.7. The van der Waals surface area contributed by atoms with Crippen molar-refractivity contribution in [1.29, 1.82) is 0 Å². The normalized spacial score (nSPS) is 11.2. The van der Waals surface area contributed by atoms with Crippen LogP contribution in [0.4, 0.5) is 4.79 Å². The van der Waals surface area contributed by atoms with Gasteiger partial charge in [0.2, 0.25) is 11.8 Å². The van der Waals surface area contributed by atoms with Gasteiger partial charge in [0, 0.05) is 24.6 Å². The first-order chi connectivity index (χ1) is 58.0. The summed E-state index contributed by atoms with van der Waals surface area (Å²) >= 11 is 0. The van der Waals surface area contributed by atoms with Gasteiger partial charge in [-0.25, -0.2) is 14.4 Å². The first-order valence-electron chi connectivity index (χ1n) is 42.4. The summed E-state index contributed by atoms with van der Waals surface area (Å²) in [6.45, 7) is 64.2. The molecule has 0 spiro atoms. The summed E-state index contributed by atoms with van der Waals surface area (Å²) in [4.78, 5) is 158. The molecular weight excluding hydrogens is 1600 g/mol. The molecule has 0 aliphatic carbocycles. The highest BCUT2D eigenvalue weighted by molar-refractivity contribution is 6.01. The highest BCUT2D eigenvalue weighted by Gasteiger charge is 2.32. The van der Waals surface area contributed by atoms with E-state index >= 15 is 0 Å². The molecule has 0 radical (unpaired) electrons. The quantitative estimate of drug-likeness (QED) is 0.0117. The van der Waals surface area contributed by atoms with Crippen LogP contribution in [0, 0.1) is 38.4 Å². The number of alkyl carbamates (subject to hydrolysis) is 1. The molecule has 30 nitrogen and oxygen atoms in total. The van der Waals surface area contributed by atoms with Crippen LogP contribution in [-0.2, 0) is 114 Å². The van der Waals surface area contributed by atoms with Crippen molar-refractivity contribution in [3.8, 4) is 0 Å². The minimum atomic E-state index is -1.02. The number of esters is 10. The lowest BCUT2D eigenvalue weighted by Crippen LogP contribution is -2.32. The fourth-order valence-electron chi connectivity index (χ4n) is 7.43. The van der Waals surface area contributed by atoms with Crippen LogP contribution in [0.3, 0.4) is 0 Å². The van der Waals surface area contributed by atoms with E-state index in [9.17, 15) is 72.2 Å². The Morgan fingerprint density at radius 2 is 0.774 bits per heavy atom. The molecule has 0 heterocycles. The molecule has 30 heteroatoms. The van der Waals surface area contributed by atoms with Gasteiger partial charge in [-0.15, -0.1) is 0 Å². The number of amides is 4. The maximum absolute atomic E-state index is 11.8. The summed E-state index contributed by atoms with van der Waals surface area (Å²) < 4.78 is 59.3. The van der Waals surface area contributed by atoms with Crippen LogP contribution in [0.2, 0.25) is 0 Å². The Morgan fingerprint density at radius 1 is 0.419 bits per heavy atom. The lowest BCUT2D eigenvalue weighted by molar-refractivity contribution is -0.159. The molecule has 124 heavy (non-hydrogen) atoms. The van der Waals surface area contributed by atoms with Crippen LogP contribution in [0.25, 0.3) is 6.08 Å². The Hall–Kier alpha value is -10.1. The van der Waals surface area contributed by atoms with Crippen LogP contribution in [0.5, 0.6) is 0 Å². The molecule has 1 aromatic rings. The number of hydrogen-bond donors (Lipinski definition) is 4. The molecule has 0 aromatic heterocycles. The topological polar surface area (TPSA) is 406 Å². The van der Waals surface area contributed by atoms with E-state index in [0.29, 0.717) is 50.9 Å². The van der Waals surface area contributed by atoms with Gasteiger partial charge in [0.1, 0.15) is 85.5 Å². The SMILES string of the molecule is C=C(C)C(=O)NC(=O)OCCOC(=O)C(C)(C)CC.C=CC(=O)NCCCCCCCCCCCC(=O)OCCOC(=O)C(C)(C)CC.C=CC(=O)NCOCCOC(=O)C(C)(C)CC.C=CC(=O)OCC(O)COC(=O)C(C)(C)CC.C=CCOC(=O)C(C)(C)CC.C=CCOC(=O)C(C)CC.C=Cc1ccc(C(=O)OCCOC(=O)C(C)(C)CC)cc1. The van der Waals surface area contributed by atoms with Crippen LogP contribution in [0.15, 0.2) is 106 Å². The number of benzene rings is 1. The van der Waals surface area contributed by atoms with Gasteiger partial charge in [0.15, 0.2) is 0 Å². The standard InChI is InChI=1S/C23H41NO5.C17H22O4.C13H21NO5.C12H21NO4.C12H20O5.C9H16O2.C8H14O2/c1-5-20(25)24-17-15-13-11-9-7-8-10-12-14-16-21(26)28-18-19-29-22(27)23(3,4)6-2;1-5-13-7-9-14(10-8-13)15(18)20-11-12-21-16(19)17(3,4)6-2;1-6-13(4,5)11(16)18-7-8-19-12(17)14-10(15)9(2)3;1-5-10(14)13-9-16-7-8-17-11(15)12(3,4)6-2;1-5-10(14)16-7-9(13)8-17-11(15)12(3,4)6-2;1-5-7-11-8(10)9(3,4)6-2;1-4-6-10-8(9)7(3)5-2/h5H,1,6-19H2,2-4H3,(H,24,25);5,7-10H,1,6,11-12H2,2-4H3;2,6-8H2,1,3-5H3,(H,14,15,17);5H,1,6-9H2,2-4H3,(H,13,14);5,9,13H,1,6-8H2,2-4H3;5H,1,6-7H2,2-4H3;4,7H,1,5-6H2,2-3H3. The zero-order chi connectivity index (χ0) is 96.6. The van der Waals surface area contributed by atoms with Crippen molar-refractivity contribution in [2.24, 2.45) is 38.4 Å². The average molecular weight is 1760 g/mol. The lowest BCUT2D eigenvalue weighted by Gasteiger charge is -2.21. The third-order valence-electron chi connectivity index (χ3n) is 19.0. The Bertz CT molecular complexity index is 3370. The van der Waals surface area contributed by atoms with E-state index < -0.39 is 57.1 Å². The minimum Gasteiger partial charge on any atom is -0.463 e. The fourth-order valence-corrected chi connectivity index (χ4v) is 7.43. The zero-order valence-corrected chi connectivity index (χ0v) is 78.9. The molecule has 2 unspecified atom stereocenters. The van der Waals surface area contributed by atoms with Gasteiger partial charge in [0.05, 0.1) is 50.6 Å². The summed E-state index contributed by atoms with van der Waals surface area (Å²) in [5, 5.41) is 16.6. The van der Waals surface area contributed by atoms with Gasteiger partial charge in [-0.1, -0.05) is 177 Å². The van der Waals surface area contributed by atoms with Crippen molar-refractivity contribution >= 4 is 89.6 Å². The maximum Gasteiger partial charge on any atom is 0.414 e. The zero-order valence-electron chi connectivity index (χ0n) is 78.9. The molecule has 0 fully saturated rings. The number of hydrogen-bond acceptors (Lipinski definition) is 27. The van der Waals surface area contributed by atoms with Crippen LogP contribution >= 0.6 is 0 Å². The molecule has 708 valence electrons. The van der Waals surface area contributed by atoms with Crippen molar-refractivity contribution in [2.75, 3.05) is 92.6 Å². The van der Waals surface area contributed by atoms with Crippen molar-refractivity contribution < 1.29 is 129 Å². The summed E-state index contributed by atoms with van der Waals surface area (Å²) in [5.74, 6) is -4.06. The maximum atomic E-state index is 11.8. The molecule has 0 bridgehead atoms. The molecule has 1 rings (SSSR count). The second kappa shape index (κ2) is 73.3. The van der Waals surface area contributed by atoms with Gasteiger partial charge < -0.3 is 72.6 Å². The summed E-state index contributed by atoms with van der Waals surface area (Å²) in [5.41, 5.74) is -1.36. The first-order valence-corrected chi connectivity index (χ1v) is 42.4. The second-order valence-corrected chi connectivity index (χ2v) is 31.9. The first kappa shape index (κ1) is 125. The molecular formula is C94H155N3O27. The Balaban J connectivity index is -0.000000335. The third kappa shape index (κ3) is 67.4. The number of rotatable bonds is 54. The van der Waals surface area contributed by atoms with Gasteiger partial charge in [-0.3, -0.25) is 58.1 Å². The number of carbonyl (C=O) groups excluding carboxylic acids is 14. The number of carbonyl (C=O) groups is 14. The van der Waals surface area contributed by atoms with Gasteiger partial charge in [0.25, 0.3) is 5.91 Å². The van der Waals surface area contributed by atoms with Crippen molar-refractivity contribution in [3.63, 3.8) is 0 Å². The number of ether oxygens (including phenoxy) is 12. The fraction of sp³-hybridized carbons (Fsp3) is 0.638. The monoisotopic (exact) mass is 1760 g/mol. The van der Waals surface area contributed by atoms with Gasteiger partial charge in [-0.05, 0) is 178 Å². The average Bonchev–Trinajstić information content (AvgIpc) is 0.870. The second-order valence-electron chi connectivity index (χ2n) is 31.9. The lowest BCUT2D eigenvalue weighted by atomic mass is 9.91. The summed E-state index contributed by atoms with van der Waals surface area (Å²) in [6, 6.07) is 6.91. The molecule has 0 aliphatic heterocycles. The van der Waals surface area contributed by atoms with E-state index in [0.717, 1.165) is 75.6 Å². The molecule has 0 saturated heterocycles. The van der Waals surface area contributed by atoms with Crippen LogP contribution in [-0.4, -0.2) is 187 Å². The highest BCUT2D eigenvalue weighted by Crippen LogP contribution is 2.26. The molecule has 4 N–H and O–H groups in total. The van der Waals surface area contributed by atoms with Crippen molar-refractivity contribution in [2.45, 2.75) is 261 Å². The Labute approximate surface area is 740 Å². The van der Waals surface area contributed by atoms with Crippen LogP contribution < -0.4 is 16.0 Å². The van der Waals surface area contributed by atoms with E-state index in [-0.39, 0.29) is 149 Å². The largest absolute Gasteiger partial charge is 0.463 e. The highest BCUT2D eigenvalue weighted by atomic mass is 16.6. The third-order valence-corrected chi connectivity index (χ3v) is 19.0.